The molecule has 6 nitrogen and oxygen atoms in total. The zero-order valence-electron chi connectivity index (χ0n) is 7.71. The fraction of sp³-hybridized carbons (Fsp3) is 0.111. The van der Waals surface area contributed by atoms with E-state index in [0.29, 0.717) is 0 Å². The average Bonchev–Trinajstić information content (AvgIpc) is 2.18. The molecule has 15 heavy (non-hydrogen) atoms. The highest BCUT2D eigenvalue weighted by Crippen LogP contribution is 2.13. The highest BCUT2D eigenvalue weighted by Gasteiger charge is 2.13. The fourth-order valence-electron chi connectivity index (χ4n) is 0.920. The Morgan fingerprint density at radius 3 is 2.60 bits per heavy atom. The van der Waals surface area contributed by atoms with Gasteiger partial charge in [-0.15, -0.1) is 0 Å². The third-order valence-electron chi connectivity index (χ3n) is 1.62. The largest absolute Gasteiger partial charge is 0.477 e. The van der Waals surface area contributed by atoms with Gasteiger partial charge in [-0.05, 0) is 18.2 Å². The summed E-state index contributed by atoms with van der Waals surface area (Å²) >= 11 is 0. The molecular formula is C9H10N2O4. The van der Waals surface area contributed by atoms with E-state index in [2.05, 4.69) is 0 Å². The van der Waals surface area contributed by atoms with Crippen LogP contribution < -0.4 is 16.2 Å². The summed E-state index contributed by atoms with van der Waals surface area (Å²) in [6.45, 7) is 0. The number of carboxylic acids is 1. The molecule has 1 aromatic rings. The van der Waals surface area contributed by atoms with Crippen molar-refractivity contribution in [3.63, 3.8) is 0 Å². The molecule has 0 saturated carbocycles. The maximum absolute atomic E-state index is 10.8. The van der Waals surface area contributed by atoms with Crippen molar-refractivity contribution < 1.29 is 19.4 Å². The first kappa shape index (κ1) is 11.0. The molecule has 6 heteroatoms. The molecule has 0 radical (unpaired) electrons. The van der Waals surface area contributed by atoms with Crippen LogP contribution in [-0.4, -0.2) is 23.2 Å². The van der Waals surface area contributed by atoms with Crippen molar-refractivity contribution in [2.75, 3.05) is 0 Å². The number of amides is 1. The average molecular weight is 210 g/mol. The molecule has 0 fully saturated rings. The first-order valence-corrected chi connectivity index (χ1v) is 4.05. The lowest BCUT2D eigenvalue weighted by molar-refractivity contribution is -0.144. The van der Waals surface area contributed by atoms with Crippen LogP contribution in [0.2, 0.25) is 0 Å². The van der Waals surface area contributed by atoms with Crippen molar-refractivity contribution in [2.45, 2.75) is 6.23 Å². The maximum Gasteiger partial charge on any atom is 0.360 e. The van der Waals surface area contributed by atoms with Crippen LogP contribution in [0.25, 0.3) is 0 Å². The van der Waals surface area contributed by atoms with E-state index in [1.54, 1.807) is 0 Å². The van der Waals surface area contributed by atoms with Gasteiger partial charge in [0.15, 0.2) is 0 Å². The highest BCUT2D eigenvalue weighted by molar-refractivity contribution is 5.93. The molecule has 5 N–H and O–H groups in total. The Morgan fingerprint density at radius 1 is 1.40 bits per heavy atom. The van der Waals surface area contributed by atoms with Crippen molar-refractivity contribution >= 4 is 11.9 Å². The van der Waals surface area contributed by atoms with Crippen LogP contribution in [0.15, 0.2) is 24.3 Å². The Kier molecular flexibility index (Phi) is 3.25. The number of hydrogen-bond donors (Lipinski definition) is 3. The Balaban J connectivity index is 2.82. The normalized spacial score (nSPS) is 11.8. The lowest BCUT2D eigenvalue weighted by atomic mass is 10.2. The van der Waals surface area contributed by atoms with Gasteiger partial charge in [0.1, 0.15) is 5.75 Å². The molecule has 1 rings (SSSR count). The summed E-state index contributed by atoms with van der Waals surface area (Å²) in [6, 6.07) is 5.81. The quantitative estimate of drug-likeness (QED) is 0.581. The number of benzene rings is 1. The Morgan fingerprint density at radius 2 is 2.07 bits per heavy atom. The molecule has 0 spiro atoms. The molecule has 1 atom stereocenters. The number of primary amides is 1. The van der Waals surface area contributed by atoms with Gasteiger partial charge in [-0.2, -0.15) is 0 Å². The third kappa shape index (κ3) is 2.96. The summed E-state index contributed by atoms with van der Waals surface area (Å²) in [5.74, 6) is -1.73. The summed E-state index contributed by atoms with van der Waals surface area (Å²) in [5, 5.41) is 8.48. The number of nitrogens with two attached hydrogens (primary N) is 2. The van der Waals surface area contributed by atoms with Gasteiger partial charge in [-0.3, -0.25) is 10.5 Å². The van der Waals surface area contributed by atoms with E-state index in [0.717, 1.165) is 0 Å². The van der Waals surface area contributed by atoms with E-state index in [1.165, 1.54) is 24.3 Å². The van der Waals surface area contributed by atoms with Crippen molar-refractivity contribution in [2.24, 2.45) is 11.5 Å². The molecule has 0 aliphatic heterocycles. The van der Waals surface area contributed by atoms with Crippen LogP contribution in [0, 0.1) is 0 Å². The van der Waals surface area contributed by atoms with Gasteiger partial charge in [0.25, 0.3) is 0 Å². The van der Waals surface area contributed by atoms with E-state index in [-0.39, 0.29) is 11.3 Å². The monoisotopic (exact) mass is 210 g/mol. The van der Waals surface area contributed by atoms with Gasteiger partial charge in [0.05, 0.1) is 0 Å². The van der Waals surface area contributed by atoms with E-state index < -0.39 is 18.1 Å². The lowest BCUT2D eigenvalue weighted by Crippen LogP contribution is -2.35. The molecular weight excluding hydrogens is 200 g/mol. The summed E-state index contributed by atoms with van der Waals surface area (Å²) in [4.78, 5) is 21.2. The van der Waals surface area contributed by atoms with Crippen molar-refractivity contribution in [1.82, 2.24) is 0 Å². The minimum absolute atomic E-state index is 0.182. The minimum Gasteiger partial charge on any atom is -0.477 e. The smallest absolute Gasteiger partial charge is 0.360 e. The van der Waals surface area contributed by atoms with Crippen molar-refractivity contribution in [3.05, 3.63) is 29.8 Å². The summed E-state index contributed by atoms with van der Waals surface area (Å²) in [6.07, 6.45) is -1.46. The number of aliphatic carboxylic acids is 1. The molecule has 1 aromatic carbocycles. The van der Waals surface area contributed by atoms with Gasteiger partial charge in [0, 0.05) is 5.56 Å². The molecule has 0 bridgehead atoms. The number of rotatable bonds is 4. The van der Waals surface area contributed by atoms with Gasteiger partial charge >= 0.3 is 5.97 Å². The minimum atomic E-state index is -1.46. The number of carboxylic acid groups (broad SMARTS) is 1. The van der Waals surface area contributed by atoms with Crippen molar-refractivity contribution in [3.8, 4) is 5.75 Å². The van der Waals surface area contributed by atoms with Gasteiger partial charge < -0.3 is 15.6 Å². The predicted octanol–water partition coefficient (Wildman–Crippen LogP) is -0.466. The number of carbonyl (C=O) groups is 2. The molecule has 1 amide bonds. The zero-order valence-corrected chi connectivity index (χ0v) is 7.71. The van der Waals surface area contributed by atoms with Gasteiger partial charge in [0.2, 0.25) is 12.1 Å². The van der Waals surface area contributed by atoms with E-state index >= 15 is 0 Å². The topological polar surface area (TPSA) is 116 Å². The molecule has 0 heterocycles. The first-order chi connectivity index (χ1) is 7.00. The number of carbonyl (C=O) groups excluding carboxylic acids is 1. The lowest BCUT2D eigenvalue weighted by Gasteiger charge is -2.10. The van der Waals surface area contributed by atoms with Crippen LogP contribution in [0.3, 0.4) is 0 Å². The van der Waals surface area contributed by atoms with Gasteiger partial charge in [-0.1, -0.05) is 6.07 Å². The van der Waals surface area contributed by atoms with Crippen LogP contribution in [0.1, 0.15) is 10.4 Å². The molecule has 1 unspecified atom stereocenters. The molecule has 0 saturated heterocycles. The Labute approximate surface area is 85.4 Å². The van der Waals surface area contributed by atoms with Crippen molar-refractivity contribution in [1.29, 1.82) is 0 Å². The molecule has 0 aliphatic carbocycles. The number of ether oxygens (including phenoxy) is 1. The fourth-order valence-corrected chi connectivity index (χ4v) is 0.920. The standard InChI is InChI=1S/C9H10N2O4/c10-7(12)5-2-1-3-6(4-5)15-8(11)9(13)14/h1-4,8H,11H2,(H2,10,12)(H,13,14). The van der Waals surface area contributed by atoms with Crippen LogP contribution in [0.5, 0.6) is 5.75 Å². The number of hydrogen-bond acceptors (Lipinski definition) is 4. The van der Waals surface area contributed by atoms with E-state index in [9.17, 15) is 9.59 Å². The van der Waals surface area contributed by atoms with Crippen LogP contribution in [-0.2, 0) is 4.79 Å². The first-order valence-electron chi connectivity index (χ1n) is 4.05. The maximum atomic E-state index is 10.8. The molecule has 0 aliphatic rings. The SMILES string of the molecule is NC(=O)c1cccc(OC(N)C(=O)O)c1. The third-order valence-corrected chi connectivity index (χ3v) is 1.62. The summed E-state index contributed by atoms with van der Waals surface area (Å²) in [7, 11) is 0. The summed E-state index contributed by atoms with van der Waals surface area (Å²) in [5.41, 5.74) is 10.4. The van der Waals surface area contributed by atoms with E-state index in [1.807, 2.05) is 0 Å². The Bertz CT molecular complexity index is 391. The second kappa shape index (κ2) is 4.43. The molecule has 80 valence electrons. The predicted molar refractivity (Wildman–Crippen MR) is 51.2 cm³/mol. The molecule has 0 aromatic heterocycles. The van der Waals surface area contributed by atoms with Crippen LogP contribution in [0.4, 0.5) is 0 Å². The Hall–Kier alpha value is -2.08. The van der Waals surface area contributed by atoms with Crippen LogP contribution >= 0.6 is 0 Å². The summed E-state index contributed by atoms with van der Waals surface area (Å²) < 4.78 is 4.84. The zero-order chi connectivity index (χ0) is 11.4. The van der Waals surface area contributed by atoms with Gasteiger partial charge in [-0.25, -0.2) is 4.79 Å². The highest BCUT2D eigenvalue weighted by atomic mass is 16.5. The van der Waals surface area contributed by atoms with E-state index in [4.69, 9.17) is 21.3 Å². The second-order valence-corrected chi connectivity index (χ2v) is 2.77. The second-order valence-electron chi connectivity index (χ2n) is 2.77.